The van der Waals surface area contributed by atoms with Crippen molar-refractivity contribution in [3.63, 3.8) is 0 Å². The monoisotopic (exact) mass is 260 g/mol. The van der Waals surface area contributed by atoms with Gasteiger partial charge in [-0.25, -0.2) is 0 Å². The first kappa shape index (κ1) is 13.6. The average Bonchev–Trinajstić information content (AvgIpc) is 2.92. The van der Waals surface area contributed by atoms with E-state index in [4.69, 9.17) is 5.73 Å². The van der Waals surface area contributed by atoms with Crippen LogP contribution in [0.2, 0.25) is 0 Å². The molecule has 0 bridgehead atoms. The normalized spacial score (nSPS) is 11.1. The molecule has 19 heavy (non-hydrogen) atoms. The van der Waals surface area contributed by atoms with Crippen molar-refractivity contribution in [3.05, 3.63) is 42.0 Å². The van der Waals surface area contributed by atoms with Gasteiger partial charge in [-0.1, -0.05) is 12.1 Å². The molecule has 0 spiro atoms. The van der Waals surface area contributed by atoms with Gasteiger partial charge < -0.3 is 5.73 Å². The molecule has 2 rings (SSSR count). The Kier molecular flexibility index (Phi) is 5.00. The third-order valence-corrected chi connectivity index (χ3v) is 3.04. The molecule has 0 aliphatic heterocycles. The molecule has 0 saturated heterocycles. The second kappa shape index (κ2) is 6.96. The highest BCUT2D eigenvalue weighted by atomic mass is 15.4. The number of aromatic nitrogens is 4. The molecular weight excluding hydrogens is 240 g/mol. The highest BCUT2D eigenvalue weighted by molar-refractivity contribution is 5.09. The van der Waals surface area contributed by atoms with Crippen molar-refractivity contribution in [1.29, 1.82) is 0 Å². The minimum absolute atomic E-state index is 0.439. The highest BCUT2D eigenvalue weighted by Gasteiger charge is 2.05. The number of nitrogens with zero attached hydrogens (tertiary/aromatic N) is 5. The maximum absolute atomic E-state index is 5.52. The van der Waals surface area contributed by atoms with Crippen LogP contribution in [0.25, 0.3) is 0 Å². The Morgan fingerprint density at radius 1 is 1.32 bits per heavy atom. The predicted octanol–water partition coefficient (Wildman–Crippen LogP) is 0.654. The average molecular weight is 260 g/mol. The summed E-state index contributed by atoms with van der Waals surface area (Å²) in [7, 11) is 0. The van der Waals surface area contributed by atoms with Gasteiger partial charge in [0.1, 0.15) is 0 Å². The second-order valence-corrected chi connectivity index (χ2v) is 4.40. The summed E-state index contributed by atoms with van der Waals surface area (Å²) >= 11 is 0. The molecule has 0 aromatic carbocycles. The molecule has 0 aliphatic rings. The first-order chi connectivity index (χ1) is 9.31. The highest BCUT2D eigenvalue weighted by Crippen LogP contribution is 2.03. The number of pyridine rings is 1. The minimum atomic E-state index is 0.439. The van der Waals surface area contributed by atoms with Crippen LogP contribution in [0.3, 0.4) is 0 Å². The van der Waals surface area contributed by atoms with Crippen LogP contribution in [-0.2, 0) is 19.6 Å². The quantitative estimate of drug-likeness (QED) is 0.791. The Bertz CT molecular complexity index is 481. The SMILES string of the molecule is CCN(CCn1cc(CN)nn1)Cc1ccncc1. The lowest BCUT2D eigenvalue weighted by molar-refractivity contribution is 0.262. The number of hydrogen-bond acceptors (Lipinski definition) is 5. The van der Waals surface area contributed by atoms with E-state index in [2.05, 4.69) is 27.1 Å². The topological polar surface area (TPSA) is 72.9 Å². The Balaban J connectivity index is 1.85. The van der Waals surface area contributed by atoms with Gasteiger partial charge in [-0.05, 0) is 24.2 Å². The molecule has 2 heterocycles. The summed E-state index contributed by atoms with van der Waals surface area (Å²) in [6.45, 7) is 6.29. The van der Waals surface area contributed by atoms with E-state index in [1.54, 1.807) is 0 Å². The third-order valence-electron chi connectivity index (χ3n) is 3.04. The number of rotatable bonds is 7. The van der Waals surface area contributed by atoms with E-state index >= 15 is 0 Å². The molecule has 0 unspecified atom stereocenters. The van der Waals surface area contributed by atoms with E-state index in [-0.39, 0.29) is 0 Å². The van der Waals surface area contributed by atoms with Crippen LogP contribution in [0.4, 0.5) is 0 Å². The van der Waals surface area contributed by atoms with Crippen molar-refractivity contribution in [2.24, 2.45) is 5.73 Å². The van der Waals surface area contributed by atoms with E-state index in [0.29, 0.717) is 6.54 Å². The molecule has 2 N–H and O–H groups in total. The van der Waals surface area contributed by atoms with Gasteiger partial charge in [-0.2, -0.15) is 0 Å². The van der Waals surface area contributed by atoms with Crippen LogP contribution < -0.4 is 5.73 Å². The Labute approximate surface area is 113 Å². The third kappa shape index (κ3) is 4.11. The van der Waals surface area contributed by atoms with Gasteiger partial charge in [0.05, 0.1) is 12.2 Å². The smallest absolute Gasteiger partial charge is 0.0962 e. The Morgan fingerprint density at radius 2 is 2.11 bits per heavy atom. The summed E-state index contributed by atoms with van der Waals surface area (Å²) in [6.07, 6.45) is 5.56. The van der Waals surface area contributed by atoms with E-state index in [1.807, 2.05) is 35.4 Å². The van der Waals surface area contributed by atoms with Crippen LogP contribution in [0.15, 0.2) is 30.7 Å². The lowest BCUT2D eigenvalue weighted by atomic mass is 10.2. The molecule has 2 aromatic heterocycles. The second-order valence-electron chi connectivity index (χ2n) is 4.40. The molecule has 6 nitrogen and oxygen atoms in total. The van der Waals surface area contributed by atoms with Gasteiger partial charge >= 0.3 is 0 Å². The summed E-state index contributed by atoms with van der Waals surface area (Å²) < 4.78 is 1.84. The van der Waals surface area contributed by atoms with Crippen molar-refractivity contribution >= 4 is 0 Å². The van der Waals surface area contributed by atoms with Crippen LogP contribution in [0, 0.1) is 0 Å². The number of hydrogen-bond donors (Lipinski definition) is 1. The first-order valence-electron chi connectivity index (χ1n) is 6.52. The van der Waals surface area contributed by atoms with Crippen molar-refractivity contribution < 1.29 is 0 Å². The maximum Gasteiger partial charge on any atom is 0.0962 e. The van der Waals surface area contributed by atoms with Crippen molar-refractivity contribution in [1.82, 2.24) is 24.9 Å². The fourth-order valence-corrected chi connectivity index (χ4v) is 1.88. The van der Waals surface area contributed by atoms with Crippen LogP contribution in [0.1, 0.15) is 18.2 Å². The van der Waals surface area contributed by atoms with Gasteiger partial charge in [0, 0.05) is 38.2 Å². The van der Waals surface area contributed by atoms with Gasteiger partial charge in [0.15, 0.2) is 0 Å². The predicted molar refractivity (Wildman–Crippen MR) is 73.1 cm³/mol. The van der Waals surface area contributed by atoms with Crippen molar-refractivity contribution in [2.45, 2.75) is 26.6 Å². The zero-order valence-corrected chi connectivity index (χ0v) is 11.2. The fraction of sp³-hybridized carbons (Fsp3) is 0.462. The van der Waals surface area contributed by atoms with Gasteiger partial charge in [-0.15, -0.1) is 5.10 Å². The molecule has 0 fully saturated rings. The largest absolute Gasteiger partial charge is 0.325 e. The summed E-state index contributed by atoms with van der Waals surface area (Å²) in [6, 6.07) is 4.09. The zero-order valence-electron chi connectivity index (χ0n) is 11.2. The maximum atomic E-state index is 5.52. The summed E-state index contributed by atoms with van der Waals surface area (Å²) in [5.41, 5.74) is 7.62. The van der Waals surface area contributed by atoms with Crippen LogP contribution in [0.5, 0.6) is 0 Å². The Morgan fingerprint density at radius 3 is 2.74 bits per heavy atom. The number of likely N-dealkylation sites (N-methyl/N-ethyl adjacent to an activating group) is 1. The number of nitrogens with two attached hydrogens (primary N) is 1. The van der Waals surface area contributed by atoms with E-state index in [9.17, 15) is 0 Å². The van der Waals surface area contributed by atoms with E-state index < -0.39 is 0 Å². The Hall–Kier alpha value is -1.79. The molecule has 0 aliphatic carbocycles. The minimum Gasteiger partial charge on any atom is -0.325 e. The molecule has 0 saturated carbocycles. The molecule has 0 radical (unpaired) electrons. The van der Waals surface area contributed by atoms with Crippen molar-refractivity contribution in [2.75, 3.05) is 13.1 Å². The standard InChI is InChI=1S/C13H20N6/c1-2-18(10-12-3-5-15-6-4-12)7-8-19-11-13(9-14)16-17-19/h3-6,11H,2,7-10,14H2,1H3. The lowest BCUT2D eigenvalue weighted by Crippen LogP contribution is -2.27. The summed E-state index contributed by atoms with van der Waals surface area (Å²) in [5.74, 6) is 0. The van der Waals surface area contributed by atoms with Crippen molar-refractivity contribution in [3.8, 4) is 0 Å². The van der Waals surface area contributed by atoms with Gasteiger partial charge in [0.2, 0.25) is 0 Å². The fourth-order valence-electron chi connectivity index (χ4n) is 1.88. The van der Waals surface area contributed by atoms with Crippen LogP contribution in [-0.4, -0.2) is 38.0 Å². The lowest BCUT2D eigenvalue weighted by Gasteiger charge is -2.20. The van der Waals surface area contributed by atoms with E-state index in [0.717, 1.165) is 31.9 Å². The molecule has 0 atom stereocenters. The van der Waals surface area contributed by atoms with Crippen LogP contribution >= 0.6 is 0 Å². The first-order valence-corrected chi connectivity index (χ1v) is 6.52. The van der Waals surface area contributed by atoms with Gasteiger partial charge in [0.25, 0.3) is 0 Å². The molecular formula is C13H20N6. The van der Waals surface area contributed by atoms with Gasteiger partial charge in [-0.3, -0.25) is 14.6 Å². The van der Waals surface area contributed by atoms with E-state index in [1.165, 1.54) is 5.56 Å². The molecule has 6 heteroatoms. The molecule has 102 valence electrons. The molecule has 2 aromatic rings. The summed E-state index contributed by atoms with van der Waals surface area (Å²) in [4.78, 5) is 6.39. The summed E-state index contributed by atoms with van der Waals surface area (Å²) in [5, 5.41) is 8.03. The zero-order chi connectivity index (χ0) is 13.5. The molecule has 0 amide bonds.